The van der Waals surface area contributed by atoms with Gasteiger partial charge in [0, 0.05) is 68.1 Å². The zero-order valence-corrected chi connectivity index (χ0v) is 23.7. The number of hydrogen-bond donors (Lipinski definition) is 3. The molecule has 3 saturated carbocycles. The van der Waals surface area contributed by atoms with E-state index in [1.165, 1.54) is 0 Å². The van der Waals surface area contributed by atoms with E-state index in [9.17, 15) is 24.0 Å². The van der Waals surface area contributed by atoms with Crippen molar-refractivity contribution in [1.82, 2.24) is 16.0 Å². The van der Waals surface area contributed by atoms with E-state index in [0.717, 1.165) is 57.7 Å². The molecule has 0 aromatic heterocycles. The topological polar surface area (TPSA) is 121 Å². The van der Waals surface area contributed by atoms with Gasteiger partial charge in [0.05, 0.1) is 0 Å². The van der Waals surface area contributed by atoms with Gasteiger partial charge < -0.3 is 20.7 Å². The third-order valence-electron chi connectivity index (χ3n) is 8.57. The van der Waals surface area contributed by atoms with E-state index in [4.69, 9.17) is 0 Å². The number of hydrogen-bond acceptors (Lipinski definition) is 6. The van der Waals surface area contributed by atoms with Crippen LogP contribution in [-0.4, -0.2) is 54.3 Å². The highest BCUT2D eigenvalue weighted by atomic mass is 16.2. The van der Waals surface area contributed by atoms with Gasteiger partial charge >= 0.3 is 0 Å². The Hall–Kier alpha value is -2.09. The highest BCUT2D eigenvalue weighted by Crippen LogP contribution is 2.34. The van der Waals surface area contributed by atoms with Crippen LogP contribution in [-0.2, 0) is 24.0 Å². The summed E-state index contributed by atoms with van der Waals surface area (Å²) in [4.78, 5) is 60.7. The lowest BCUT2D eigenvalue weighted by Gasteiger charge is -2.25. The van der Waals surface area contributed by atoms with E-state index < -0.39 is 0 Å². The molecule has 0 aliphatic heterocycles. The molecule has 6 atom stereocenters. The summed E-state index contributed by atoms with van der Waals surface area (Å²) < 4.78 is 0. The normalized spacial score (nSPS) is 29.2. The van der Waals surface area contributed by atoms with Gasteiger partial charge in [-0.3, -0.25) is 19.2 Å². The lowest BCUT2D eigenvalue weighted by molar-refractivity contribution is -0.126. The molecule has 3 aliphatic rings. The first kappa shape index (κ1) is 30.5. The summed E-state index contributed by atoms with van der Waals surface area (Å²) in [5, 5.41) is 9.44. The molecule has 0 bridgehead atoms. The average Bonchev–Trinajstić information content (AvgIpc) is 3.59. The summed E-state index contributed by atoms with van der Waals surface area (Å²) >= 11 is 0. The largest absolute Gasteiger partial charge is 0.355 e. The fraction of sp³-hybridized carbons (Fsp3) is 0.833. The number of carbonyl (C=O) groups is 5. The zero-order chi connectivity index (χ0) is 27.7. The third kappa shape index (κ3) is 10.2. The van der Waals surface area contributed by atoms with Crippen LogP contribution in [0.2, 0.25) is 0 Å². The Bertz CT molecular complexity index is 851. The van der Waals surface area contributed by atoms with Gasteiger partial charge in [-0.1, -0.05) is 0 Å². The van der Waals surface area contributed by atoms with Crippen LogP contribution in [0.4, 0.5) is 0 Å². The quantitative estimate of drug-likeness (QED) is 0.295. The first-order valence-corrected chi connectivity index (χ1v) is 14.8. The Morgan fingerprint density at radius 2 is 1.24 bits per heavy atom. The predicted molar refractivity (Wildman–Crippen MR) is 146 cm³/mol. The van der Waals surface area contributed by atoms with Crippen LogP contribution >= 0.6 is 0 Å². The number of nitrogens with one attached hydrogen (secondary N) is 3. The van der Waals surface area contributed by atoms with Gasteiger partial charge in [-0.05, 0) is 90.4 Å². The van der Waals surface area contributed by atoms with Crippen molar-refractivity contribution < 1.29 is 24.0 Å². The van der Waals surface area contributed by atoms with Gasteiger partial charge in [-0.2, -0.15) is 0 Å². The van der Waals surface area contributed by atoms with Gasteiger partial charge in [-0.25, -0.2) is 0 Å². The SMILES string of the molecule is CC(C)(C)NC1CCC(C(=O)NCCC(=O)CC2CCC(C(=O)NCCC(=O)CC3CCC(C=O)C3)C2)C1. The molecular weight excluding hydrogens is 482 g/mol. The van der Waals surface area contributed by atoms with E-state index >= 15 is 0 Å². The summed E-state index contributed by atoms with van der Waals surface area (Å²) in [5.41, 5.74) is 0.0414. The van der Waals surface area contributed by atoms with Gasteiger partial charge in [-0.15, -0.1) is 0 Å². The summed E-state index contributed by atoms with van der Waals surface area (Å²) in [6.07, 6.45) is 10.3. The van der Waals surface area contributed by atoms with Crippen LogP contribution in [0, 0.1) is 29.6 Å². The highest BCUT2D eigenvalue weighted by molar-refractivity contribution is 5.83. The van der Waals surface area contributed by atoms with Crippen molar-refractivity contribution >= 4 is 29.7 Å². The zero-order valence-electron chi connectivity index (χ0n) is 23.7. The second kappa shape index (κ2) is 14.3. The monoisotopic (exact) mass is 531 g/mol. The molecule has 0 radical (unpaired) electrons. The molecule has 0 aromatic carbocycles. The summed E-state index contributed by atoms with van der Waals surface area (Å²) in [6, 6.07) is 0.370. The Labute approximate surface area is 228 Å². The molecule has 0 heterocycles. The minimum absolute atomic E-state index is 0.0160. The maximum Gasteiger partial charge on any atom is 0.223 e. The average molecular weight is 532 g/mol. The van der Waals surface area contributed by atoms with Gasteiger partial charge in [0.1, 0.15) is 17.9 Å². The summed E-state index contributed by atoms with van der Waals surface area (Å²) in [6.45, 7) is 7.15. The first-order chi connectivity index (χ1) is 18.0. The molecule has 8 heteroatoms. The molecule has 3 rings (SSSR count). The molecule has 38 heavy (non-hydrogen) atoms. The van der Waals surface area contributed by atoms with Crippen molar-refractivity contribution in [3.63, 3.8) is 0 Å². The standard InChI is InChI=1S/C30H49N3O5/c1-30(2,3)33-25-9-8-24(18-25)29(38)32-13-11-27(36)17-21-6-7-23(15-21)28(37)31-12-10-26(35)16-20-4-5-22(14-20)19-34/h19-25,33H,4-18H2,1-3H3,(H,31,37)(H,32,38). The third-order valence-corrected chi connectivity index (χ3v) is 8.57. The van der Waals surface area contributed by atoms with Crippen molar-refractivity contribution in [3.8, 4) is 0 Å². The van der Waals surface area contributed by atoms with Gasteiger partial charge in [0.15, 0.2) is 0 Å². The fourth-order valence-electron chi connectivity index (χ4n) is 6.67. The van der Waals surface area contributed by atoms with E-state index in [0.29, 0.717) is 57.2 Å². The van der Waals surface area contributed by atoms with Crippen LogP contribution in [0.3, 0.4) is 0 Å². The van der Waals surface area contributed by atoms with Gasteiger partial charge in [0.2, 0.25) is 11.8 Å². The second-order valence-electron chi connectivity index (χ2n) is 13.1. The smallest absolute Gasteiger partial charge is 0.223 e. The van der Waals surface area contributed by atoms with Crippen molar-refractivity contribution in [2.75, 3.05) is 13.1 Å². The molecule has 8 nitrogen and oxygen atoms in total. The molecular formula is C30H49N3O5. The summed E-state index contributed by atoms with van der Waals surface area (Å²) in [5.74, 6) is 0.883. The number of rotatable bonds is 14. The maximum absolute atomic E-state index is 12.6. The van der Waals surface area contributed by atoms with Crippen LogP contribution < -0.4 is 16.0 Å². The molecule has 214 valence electrons. The van der Waals surface area contributed by atoms with Crippen molar-refractivity contribution in [2.24, 2.45) is 29.6 Å². The molecule has 6 unspecified atom stereocenters. The van der Waals surface area contributed by atoms with Crippen LogP contribution in [0.5, 0.6) is 0 Å². The van der Waals surface area contributed by atoms with Crippen LogP contribution in [0.25, 0.3) is 0 Å². The van der Waals surface area contributed by atoms with Crippen LogP contribution in [0.15, 0.2) is 0 Å². The summed E-state index contributed by atoms with van der Waals surface area (Å²) in [7, 11) is 0. The molecule has 0 spiro atoms. The van der Waals surface area contributed by atoms with E-state index in [1.807, 2.05) is 0 Å². The van der Waals surface area contributed by atoms with Gasteiger partial charge in [0.25, 0.3) is 0 Å². The molecule has 3 N–H and O–H groups in total. The van der Waals surface area contributed by atoms with E-state index in [-0.39, 0.29) is 52.6 Å². The Balaban J connectivity index is 1.24. The van der Waals surface area contributed by atoms with Crippen LogP contribution in [0.1, 0.15) is 104 Å². The molecule has 2 amide bonds. The Morgan fingerprint density at radius 3 is 1.79 bits per heavy atom. The van der Waals surface area contributed by atoms with E-state index in [1.54, 1.807) is 0 Å². The molecule has 0 saturated heterocycles. The Kier molecular flexibility index (Phi) is 11.5. The lowest BCUT2D eigenvalue weighted by atomic mass is 9.97. The molecule has 0 aromatic rings. The van der Waals surface area contributed by atoms with Crippen molar-refractivity contribution in [1.29, 1.82) is 0 Å². The van der Waals surface area contributed by atoms with E-state index in [2.05, 4.69) is 36.7 Å². The number of amides is 2. The number of Topliss-reactive ketones (excluding diaryl/α,β-unsaturated/α-hetero) is 2. The minimum Gasteiger partial charge on any atom is -0.355 e. The van der Waals surface area contributed by atoms with Crippen molar-refractivity contribution in [3.05, 3.63) is 0 Å². The highest BCUT2D eigenvalue weighted by Gasteiger charge is 2.33. The lowest BCUT2D eigenvalue weighted by Crippen LogP contribution is -2.43. The Morgan fingerprint density at radius 1 is 0.711 bits per heavy atom. The number of ketones is 2. The fourth-order valence-corrected chi connectivity index (χ4v) is 6.67. The second-order valence-corrected chi connectivity index (χ2v) is 13.1. The number of carbonyl (C=O) groups excluding carboxylic acids is 5. The maximum atomic E-state index is 12.6. The molecule has 3 fully saturated rings. The predicted octanol–water partition coefficient (Wildman–Crippen LogP) is 3.51. The number of aldehydes is 1. The van der Waals surface area contributed by atoms with Crippen molar-refractivity contribution in [2.45, 2.75) is 116 Å². The molecule has 3 aliphatic carbocycles. The first-order valence-electron chi connectivity index (χ1n) is 14.8. The minimum atomic E-state index is -0.0946.